The van der Waals surface area contributed by atoms with Crippen LogP contribution >= 0.6 is 0 Å². The Kier molecular flexibility index (Phi) is 3.33. The highest BCUT2D eigenvalue weighted by atomic mass is 16.3. The molecule has 0 heterocycles. The van der Waals surface area contributed by atoms with Crippen molar-refractivity contribution in [3.63, 3.8) is 0 Å². The van der Waals surface area contributed by atoms with Crippen LogP contribution in [0.1, 0.15) is 39.2 Å². The van der Waals surface area contributed by atoms with Gasteiger partial charge in [-0.25, -0.2) is 0 Å². The van der Waals surface area contributed by atoms with Crippen molar-refractivity contribution in [2.24, 2.45) is 16.7 Å². The number of hydrogen-bond donors (Lipinski definition) is 2. The molecule has 4 atom stereocenters. The second-order valence-corrected chi connectivity index (χ2v) is 8.27. The molecule has 0 unspecified atom stereocenters. The van der Waals surface area contributed by atoms with E-state index in [1.54, 1.807) is 0 Å². The SMILES string of the molecule is CC1(C)[C@@H]2CC[C@@]1(C)[C@@H](NCc1cccc3ccccc13)[C@H]2O. The zero-order valence-corrected chi connectivity index (χ0v) is 14.3. The molecular weight excluding hydrogens is 282 g/mol. The summed E-state index contributed by atoms with van der Waals surface area (Å²) in [6, 6.07) is 15.2. The van der Waals surface area contributed by atoms with Crippen LogP contribution in [0.25, 0.3) is 10.8 Å². The zero-order chi connectivity index (χ0) is 16.2. The van der Waals surface area contributed by atoms with Crippen LogP contribution in [0.5, 0.6) is 0 Å². The van der Waals surface area contributed by atoms with Gasteiger partial charge in [0.1, 0.15) is 0 Å². The van der Waals surface area contributed by atoms with Gasteiger partial charge in [0.15, 0.2) is 0 Å². The van der Waals surface area contributed by atoms with Gasteiger partial charge in [-0.2, -0.15) is 0 Å². The van der Waals surface area contributed by atoms with E-state index >= 15 is 0 Å². The van der Waals surface area contributed by atoms with Crippen LogP contribution in [0.4, 0.5) is 0 Å². The third-order valence-corrected chi connectivity index (χ3v) is 7.21. The molecule has 0 saturated heterocycles. The Labute approximate surface area is 138 Å². The van der Waals surface area contributed by atoms with E-state index < -0.39 is 0 Å². The monoisotopic (exact) mass is 309 g/mol. The first-order valence-electron chi connectivity index (χ1n) is 8.83. The van der Waals surface area contributed by atoms with Gasteiger partial charge >= 0.3 is 0 Å². The number of nitrogens with one attached hydrogen (secondary N) is 1. The molecule has 4 rings (SSSR count). The van der Waals surface area contributed by atoms with E-state index in [9.17, 15) is 5.11 Å². The van der Waals surface area contributed by atoms with Crippen LogP contribution in [0.15, 0.2) is 42.5 Å². The normalized spacial score (nSPS) is 35.0. The first-order chi connectivity index (χ1) is 10.9. The molecule has 2 aromatic rings. The lowest BCUT2D eigenvalue weighted by Gasteiger charge is -2.40. The Morgan fingerprint density at radius 1 is 1.09 bits per heavy atom. The quantitative estimate of drug-likeness (QED) is 0.894. The third kappa shape index (κ3) is 2.01. The summed E-state index contributed by atoms with van der Waals surface area (Å²) in [6.45, 7) is 7.87. The molecule has 0 radical (unpaired) electrons. The number of aliphatic hydroxyl groups excluding tert-OH is 1. The molecule has 2 heteroatoms. The van der Waals surface area contributed by atoms with Crippen molar-refractivity contribution in [2.75, 3.05) is 0 Å². The Morgan fingerprint density at radius 3 is 2.57 bits per heavy atom. The number of benzene rings is 2. The average Bonchev–Trinajstić information content (AvgIpc) is 2.85. The van der Waals surface area contributed by atoms with Crippen molar-refractivity contribution in [3.05, 3.63) is 48.0 Å². The molecule has 122 valence electrons. The fraction of sp³-hybridized carbons (Fsp3) is 0.524. The van der Waals surface area contributed by atoms with Gasteiger partial charge < -0.3 is 10.4 Å². The Hall–Kier alpha value is -1.38. The van der Waals surface area contributed by atoms with Gasteiger partial charge in [0.05, 0.1) is 6.10 Å². The summed E-state index contributed by atoms with van der Waals surface area (Å²) >= 11 is 0. The van der Waals surface area contributed by atoms with Gasteiger partial charge in [0.2, 0.25) is 0 Å². The maximum Gasteiger partial charge on any atom is 0.0732 e. The predicted octanol–water partition coefficient (Wildman–Crippen LogP) is 4.12. The largest absolute Gasteiger partial charge is 0.391 e. The summed E-state index contributed by atoms with van der Waals surface area (Å²) in [7, 11) is 0. The average molecular weight is 309 g/mol. The van der Waals surface area contributed by atoms with Gasteiger partial charge in [0, 0.05) is 12.6 Å². The van der Waals surface area contributed by atoms with E-state index in [1.807, 2.05) is 0 Å². The molecule has 2 bridgehead atoms. The van der Waals surface area contributed by atoms with Gasteiger partial charge in [-0.1, -0.05) is 63.2 Å². The van der Waals surface area contributed by atoms with Crippen molar-refractivity contribution >= 4 is 10.8 Å². The van der Waals surface area contributed by atoms with Crippen LogP contribution in [0.3, 0.4) is 0 Å². The smallest absolute Gasteiger partial charge is 0.0732 e. The first kappa shape index (κ1) is 15.2. The second-order valence-electron chi connectivity index (χ2n) is 8.27. The van der Waals surface area contributed by atoms with E-state index in [1.165, 1.54) is 22.8 Å². The number of aliphatic hydroxyl groups is 1. The summed E-state index contributed by atoms with van der Waals surface area (Å²) < 4.78 is 0. The van der Waals surface area contributed by atoms with Crippen molar-refractivity contribution in [3.8, 4) is 0 Å². The molecule has 23 heavy (non-hydrogen) atoms. The van der Waals surface area contributed by atoms with Crippen molar-refractivity contribution < 1.29 is 5.11 Å². The Bertz CT molecular complexity index is 732. The molecule has 2 saturated carbocycles. The summed E-state index contributed by atoms with van der Waals surface area (Å²) in [6.07, 6.45) is 2.16. The maximum atomic E-state index is 10.8. The van der Waals surface area contributed by atoms with Crippen LogP contribution in [-0.4, -0.2) is 17.3 Å². The molecule has 0 aromatic heterocycles. The number of rotatable bonds is 3. The molecule has 2 fully saturated rings. The topological polar surface area (TPSA) is 32.3 Å². The summed E-state index contributed by atoms with van der Waals surface area (Å²) in [5, 5.41) is 17.1. The van der Waals surface area contributed by atoms with Crippen LogP contribution in [0, 0.1) is 16.7 Å². The van der Waals surface area contributed by atoms with E-state index in [4.69, 9.17) is 0 Å². The molecular formula is C21H27NO. The highest BCUT2D eigenvalue weighted by Gasteiger charge is 2.65. The molecule has 0 amide bonds. The van der Waals surface area contributed by atoms with E-state index in [-0.39, 0.29) is 23.0 Å². The lowest BCUT2D eigenvalue weighted by molar-refractivity contribution is 0.0570. The fourth-order valence-electron chi connectivity index (χ4n) is 5.34. The van der Waals surface area contributed by atoms with Crippen LogP contribution < -0.4 is 5.32 Å². The Morgan fingerprint density at radius 2 is 1.83 bits per heavy atom. The third-order valence-electron chi connectivity index (χ3n) is 7.21. The minimum atomic E-state index is -0.223. The summed E-state index contributed by atoms with van der Waals surface area (Å²) in [5.41, 5.74) is 1.71. The highest BCUT2D eigenvalue weighted by Crippen LogP contribution is 2.65. The van der Waals surface area contributed by atoms with Crippen LogP contribution in [-0.2, 0) is 6.54 Å². The molecule has 0 spiro atoms. The summed E-state index contributed by atoms with van der Waals surface area (Å²) in [5.74, 6) is 0.428. The molecule has 2 N–H and O–H groups in total. The van der Waals surface area contributed by atoms with E-state index in [2.05, 4.69) is 68.6 Å². The fourth-order valence-corrected chi connectivity index (χ4v) is 5.34. The molecule has 2 aromatic carbocycles. The minimum absolute atomic E-state index is 0.182. The molecule has 2 aliphatic carbocycles. The van der Waals surface area contributed by atoms with Crippen molar-refractivity contribution in [1.29, 1.82) is 0 Å². The van der Waals surface area contributed by atoms with E-state index in [0.717, 1.165) is 13.0 Å². The van der Waals surface area contributed by atoms with Crippen molar-refractivity contribution in [2.45, 2.75) is 52.3 Å². The number of hydrogen-bond acceptors (Lipinski definition) is 2. The second kappa shape index (κ2) is 5.06. The molecule has 2 nitrogen and oxygen atoms in total. The van der Waals surface area contributed by atoms with E-state index in [0.29, 0.717) is 5.92 Å². The summed E-state index contributed by atoms with van der Waals surface area (Å²) in [4.78, 5) is 0. The maximum absolute atomic E-state index is 10.8. The molecule has 0 aliphatic heterocycles. The number of fused-ring (bicyclic) bond motifs is 3. The zero-order valence-electron chi connectivity index (χ0n) is 14.3. The molecule has 2 aliphatic rings. The van der Waals surface area contributed by atoms with Gasteiger partial charge in [-0.05, 0) is 45.9 Å². The first-order valence-corrected chi connectivity index (χ1v) is 8.83. The van der Waals surface area contributed by atoms with Gasteiger partial charge in [-0.15, -0.1) is 0 Å². The highest BCUT2D eigenvalue weighted by molar-refractivity contribution is 5.85. The minimum Gasteiger partial charge on any atom is -0.391 e. The van der Waals surface area contributed by atoms with Gasteiger partial charge in [-0.3, -0.25) is 0 Å². The lowest BCUT2D eigenvalue weighted by Crippen LogP contribution is -2.49. The Balaban J connectivity index is 1.60. The van der Waals surface area contributed by atoms with Crippen molar-refractivity contribution in [1.82, 2.24) is 5.32 Å². The predicted molar refractivity (Wildman–Crippen MR) is 95.2 cm³/mol. The standard InChI is InChI=1S/C21H27NO/c1-20(2)17-11-12-21(20,3)19(18(17)23)22-13-15-9-6-8-14-7-4-5-10-16(14)15/h4-10,17-19,22-23H,11-13H2,1-3H3/t17-,18+,19+,21+/m1/s1. The van der Waals surface area contributed by atoms with Crippen LogP contribution in [0.2, 0.25) is 0 Å². The van der Waals surface area contributed by atoms with Gasteiger partial charge in [0.25, 0.3) is 0 Å². The lowest BCUT2D eigenvalue weighted by atomic mass is 9.69.